The molecule has 0 aliphatic rings. The molecular formula is C33H63N13O8. The van der Waals surface area contributed by atoms with Gasteiger partial charge in [0.05, 0.1) is 13.2 Å². The zero-order valence-corrected chi connectivity index (χ0v) is 32.3. The number of ether oxygens (including phenoxy) is 1. The molecule has 0 aliphatic carbocycles. The van der Waals surface area contributed by atoms with Crippen molar-refractivity contribution in [3.8, 4) is 0 Å². The third-order valence-electron chi connectivity index (χ3n) is 7.73. The van der Waals surface area contributed by atoms with E-state index in [2.05, 4.69) is 36.6 Å². The monoisotopic (exact) mass is 769 g/mol. The normalized spacial score (nSPS) is 14.2. The summed E-state index contributed by atoms with van der Waals surface area (Å²) in [5, 5.41) is 13.0. The quantitative estimate of drug-likeness (QED) is 0.0176. The third-order valence-corrected chi connectivity index (χ3v) is 7.73. The number of carbonyl (C=O) groups is 7. The molecule has 0 fully saturated rings. The van der Waals surface area contributed by atoms with Gasteiger partial charge in [0, 0.05) is 19.5 Å². The number of aliphatic imine (C=N–C) groups is 2. The van der Waals surface area contributed by atoms with Gasteiger partial charge in [-0.05, 0) is 63.7 Å². The average Bonchev–Trinajstić information content (AvgIpc) is 3.06. The number of nitrogens with one attached hydrogen (secondary N) is 5. The number of rotatable bonds is 26. The van der Waals surface area contributed by atoms with Crippen LogP contribution in [0.4, 0.5) is 0 Å². The van der Waals surface area contributed by atoms with Crippen molar-refractivity contribution in [2.24, 2.45) is 56.2 Å². The van der Waals surface area contributed by atoms with Crippen LogP contribution in [0.25, 0.3) is 0 Å². The van der Waals surface area contributed by atoms with Crippen molar-refractivity contribution in [2.75, 3.05) is 20.2 Å². The van der Waals surface area contributed by atoms with E-state index >= 15 is 0 Å². The molecule has 6 atom stereocenters. The van der Waals surface area contributed by atoms with Gasteiger partial charge in [0.2, 0.25) is 35.4 Å². The molecule has 0 saturated carbocycles. The molecule has 0 spiro atoms. The number of guanidine groups is 2. The van der Waals surface area contributed by atoms with E-state index in [0.29, 0.717) is 6.42 Å². The summed E-state index contributed by atoms with van der Waals surface area (Å²) in [5.41, 5.74) is 32.6. The molecule has 0 aliphatic heterocycles. The van der Waals surface area contributed by atoms with Crippen molar-refractivity contribution in [2.45, 2.75) is 122 Å². The molecule has 54 heavy (non-hydrogen) atoms. The molecule has 0 rings (SSSR count). The van der Waals surface area contributed by atoms with Crippen LogP contribution in [0.2, 0.25) is 0 Å². The first-order chi connectivity index (χ1) is 25.2. The minimum atomic E-state index is -1.40. The van der Waals surface area contributed by atoms with Gasteiger partial charge in [0.1, 0.15) is 30.2 Å². The average molecular weight is 770 g/mol. The van der Waals surface area contributed by atoms with E-state index in [0.717, 1.165) is 0 Å². The Morgan fingerprint density at radius 2 is 0.889 bits per heavy atom. The Kier molecular flexibility index (Phi) is 23.2. The molecule has 0 aromatic carbocycles. The number of methoxy groups -OCH3 is 1. The fraction of sp³-hybridized carbons (Fsp3) is 0.727. The number of nitrogens with two attached hydrogens (primary N) is 6. The molecule has 0 aromatic heterocycles. The number of primary amides is 1. The van der Waals surface area contributed by atoms with Gasteiger partial charge in [-0.3, -0.25) is 38.8 Å². The number of esters is 1. The zero-order valence-electron chi connectivity index (χ0n) is 32.3. The highest BCUT2D eigenvalue weighted by molar-refractivity contribution is 5.96. The summed E-state index contributed by atoms with van der Waals surface area (Å²) in [6.45, 7) is 9.04. The molecule has 21 nitrogen and oxygen atoms in total. The Labute approximate surface area is 316 Å². The summed E-state index contributed by atoms with van der Waals surface area (Å²) in [5.74, 6) is -5.55. The van der Waals surface area contributed by atoms with Gasteiger partial charge in [-0.15, -0.1) is 0 Å². The Morgan fingerprint density at radius 1 is 0.537 bits per heavy atom. The van der Waals surface area contributed by atoms with E-state index in [1.807, 2.05) is 13.8 Å². The second kappa shape index (κ2) is 25.7. The van der Waals surface area contributed by atoms with Gasteiger partial charge in [0.15, 0.2) is 11.9 Å². The van der Waals surface area contributed by atoms with Crippen LogP contribution in [0.1, 0.15) is 86.0 Å². The van der Waals surface area contributed by atoms with Gasteiger partial charge in [-0.1, -0.05) is 27.7 Å². The van der Waals surface area contributed by atoms with Crippen molar-refractivity contribution in [1.82, 2.24) is 26.6 Å². The van der Waals surface area contributed by atoms with Crippen LogP contribution in [0.5, 0.6) is 0 Å². The van der Waals surface area contributed by atoms with Gasteiger partial charge in [-0.2, -0.15) is 0 Å². The summed E-state index contributed by atoms with van der Waals surface area (Å²) in [6, 6.07) is -6.90. The highest BCUT2D eigenvalue weighted by Crippen LogP contribution is 2.11. The van der Waals surface area contributed by atoms with Crippen molar-refractivity contribution in [3.63, 3.8) is 0 Å². The Hall–Kier alpha value is -5.21. The van der Waals surface area contributed by atoms with Crippen LogP contribution < -0.4 is 61.0 Å². The van der Waals surface area contributed by atoms with Gasteiger partial charge >= 0.3 is 5.97 Å². The number of nitrogens with zero attached hydrogens (tertiary/aromatic N) is 2. The van der Waals surface area contributed by atoms with Gasteiger partial charge in [0.25, 0.3) is 0 Å². The Balaban J connectivity index is 6.39. The largest absolute Gasteiger partial charge is 0.467 e. The minimum Gasteiger partial charge on any atom is -0.467 e. The van der Waals surface area contributed by atoms with Crippen molar-refractivity contribution >= 4 is 53.3 Å². The van der Waals surface area contributed by atoms with Gasteiger partial charge < -0.3 is 65.7 Å². The van der Waals surface area contributed by atoms with E-state index in [4.69, 9.17) is 39.1 Å². The first-order valence-corrected chi connectivity index (χ1v) is 17.9. The lowest BCUT2D eigenvalue weighted by molar-refractivity contribution is -0.146. The van der Waals surface area contributed by atoms with Gasteiger partial charge in [-0.25, -0.2) is 4.79 Å². The molecular weight excluding hydrogens is 706 g/mol. The summed E-state index contributed by atoms with van der Waals surface area (Å²) < 4.78 is 4.84. The summed E-state index contributed by atoms with van der Waals surface area (Å²) in [7, 11) is 1.18. The first-order valence-electron chi connectivity index (χ1n) is 17.9. The van der Waals surface area contributed by atoms with Crippen molar-refractivity contribution in [3.05, 3.63) is 0 Å². The van der Waals surface area contributed by atoms with Crippen LogP contribution in [0.3, 0.4) is 0 Å². The van der Waals surface area contributed by atoms with Crippen LogP contribution >= 0.6 is 0 Å². The van der Waals surface area contributed by atoms with E-state index in [9.17, 15) is 33.6 Å². The number of hydrogen-bond acceptors (Lipinski definition) is 11. The predicted molar refractivity (Wildman–Crippen MR) is 202 cm³/mol. The molecule has 21 heteroatoms. The first kappa shape index (κ1) is 48.8. The highest BCUT2D eigenvalue weighted by atomic mass is 16.5. The maximum absolute atomic E-state index is 13.8. The lowest BCUT2D eigenvalue weighted by Crippen LogP contribution is -2.59. The predicted octanol–water partition coefficient (Wildman–Crippen LogP) is -3.60. The SMILES string of the molecule is COC(=O)C(CC(C)C)NC(=O)C(CCCN=C(N)N)NC(=O)C(CCC(N)=O)NC(=O)C(CC(C)C)NC(=O)C(CCCN=C(N)N)NC(=O)C(C)N. The molecule has 0 bridgehead atoms. The number of carbonyl (C=O) groups excluding carboxylic acids is 7. The molecule has 0 aromatic rings. The standard InChI is InChI=1S/C33H63N13O8/c1-17(2)15-23(45-27(49)20(42-26(48)19(5)34)9-7-13-40-32(36)37)30(52)44-22(11-12-25(35)47)29(51)43-21(10-8-14-41-33(38)39)28(50)46-24(16-18(3)4)31(53)54-6/h17-24H,7-16,34H2,1-6H3,(H2,35,47)(H,42,48)(H,43,51)(H,44,52)(H,45,49)(H,46,50)(H4,36,37,40)(H4,38,39,41). The van der Waals surface area contributed by atoms with Crippen LogP contribution in [0.15, 0.2) is 9.98 Å². The zero-order chi connectivity index (χ0) is 41.5. The Bertz CT molecular complexity index is 1310. The maximum atomic E-state index is 13.8. The molecule has 308 valence electrons. The smallest absolute Gasteiger partial charge is 0.328 e. The van der Waals surface area contributed by atoms with Crippen LogP contribution in [-0.4, -0.2) is 110 Å². The van der Waals surface area contributed by atoms with E-state index in [-0.39, 0.29) is 81.8 Å². The molecule has 0 saturated heterocycles. The van der Waals surface area contributed by atoms with Crippen molar-refractivity contribution < 1.29 is 38.3 Å². The summed E-state index contributed by atoms with van der Waals surface area (Å²) in [4.78, 5) is 99.0. The fourth-order valence-corrected chi connectivity index (χ4v) is 5.02. The van der Waals surface area contributed by atoms with E-state index in [1.54, 1.807) is 13.8 Å². The summed E-state index contributed by atoms with van der Waals surface area (Å²) in [6.07, 6.45) is 0.435. The topological polar surface area (TPSA) is 370 Å². The molecule has 0 radical (unpaired) electrons. The highest BCUT2D eigenvalue weighted by Gasteiger charge is 2.33. The van der Waals surface area contributed by atoms with E-state index in [1.165, 1.54) is 14.0 Å². The van der Waals surface area contributed by atoms with Crippen LogP contribution in [-0.2, 0) is 38.3 Å². The second-order valence-electron chi connectivity index (χ2n) is 13.8. The second-order valence-corrected chi connectivity index (χ2v) is 13.8. The summed E-state index contributed by atoms with van der Waals surface area (Å²) >= 11 is 0. The molecule has 6 amide bonds. The number of amides is 6. The van der Waals surface area contributed by atoms with Crippen molar-refractivity contribution in [1.29, 1.82) is 0 Å². The molecule has 0 heterocycles. The maximum Gasteiger partial charge on any atom is 0.328 e. The number of hydrogen-bond donors (Lipinski definition) is 11. The molecule has 6 unspecified atom stereocenters. The lowest BCUT2D eigenvalue weighted by atomic mass is 10.0. The minimum absolute atomic E-state index is 0.00237. The van der Waals surface area contributed by atoms with E-state index < -0.39 is 77.7 Å². The van der Waals surface area contributed by atoms with Crippen LogP contribution in [0, 0.1) is 11.8 Å². The lowest BCUT2D eigenvalue weighted by Gasteiger charge is -2.28. The third kappa shape index (κ3) is 21.3. The Morgan fingerprint density at radius 3 is 1.26 bits per heavy atom. The fourth-order valence-electron chi connectivity index (χ4n) is 5.02. The molecule has 17 N–H and O–H groups in total.